The van der Waals surface area contributed by atoms with Crippen molar-refractivity contribution in [2.45, 2.75) is 25.8 Å². The first-order chi connectivity index (χ1) is 11.0. The zero-order valence-corrected chi connectivity index (χ0v) is 14.5. The molecule has 2 aliphatic heterocycles. The van der Waals surface area contributed by atoms with Gasteiger partial charge in [0.05, 0.1) is 18.6 Å². The maximum atomic E-state index is 12.7. The number of carbonyl (C=O) groups is 2. The summed E-state index contributed by atoms with van der Waals surface area (Å²) in [6, 6.07) is 0.367. The Kier molecular flexibility index (Phi) is 6.38. The number of hydrogen-bond donors (Lipinski definition) is 1. The third-order valence-corrected chi connectivity index (χ3v) is 4.93. The van der Waals surface area contributed by atoms with Crippen LogP contribution in [0.2, 0.25) is 0 Å². The first kappa shape index (κ1) is 18.2. The standard InChI is InChI=1S/C16H29N3O4/c1-16(5-4-14(20)17-12-16)15(21)19-10-13(11-19)18(6-8-22-2)7-9-23-3/h13H,4-12H2,1-3H3,(H,17,20). The van der Waals surface area contributed by atoms with Crippen molar-refractivity contribution in [2.75, 3.05) is 60.2 Å². The number of amides is 2. The number of ether oxygens (including phenoxy) is 2. The van der Waals surface area contributed by atoms with Gasteiger partial charge in [-0.1, -0.05) is 0 Å². The fraction of sp³-hybridized carbons (Fsp3) is 0.875. The normalized spacial score (nSPS) is 25.4. The van der Waals surface area contributed by atoms with Crippen molar-refractivity contribution in [2.24, 2.45) is 5.41 Å². The van der Waals surface area contributed by atoms with Gasteiger partial charge in [-0.2, -0.15) is 0 Å². The Hall–Kier alpha value is -1.18. The molecule has 0 aliphatic carbocycles. The lowest BCUT2D eigenvalue weighted by atomic mass is 9.80. The third-order valence-electron chi connectivity index (χ3n) is 4.93. The number of carbonyl (C=O) groups excluding carboxylic acids is 2. The summed E-state index contributed by atoms with van der Waals surface area (Å²) in [5.74, 6) is 0.203. The average Bonchev–Trinajstić information content (AvgIpc) is 2.50. The first-order valence-electron chi connectivity index (χ1n) is 8.28. The van der Waals surface area contributed by atoms with Gasteiger partial charge < -0.3 is 19.7 Å². The van der Waals surface area contributed by atoms with E-state index in [1.54, 1.807) is 14.2 Å². The molecule has 0 aromatic carbocycles. The summed E-state index contributed by atoms with van der Waals surface area (Å²) < 4.78 is 10.3. The molecule has 2 rings (SSSR count). The predicted octanol–water partition coefficient (Wildman–Crippen LogP) is -0.292. The Morgan fingerprint density at radius 3 is 2.39 bits per heavy atom. The molecule has 2 saturated heterocycles. The highest BCUT2D eigenvalue weighted by molar-refractivity contribution is 5.87. The van der Waals surface area contributed by atoms with Crippen LogP contribution < -0.4 is 5.32 Å². The Labute approximate surface area is 138 Å². The highest BCUT2D eigenvalue weighted by Crippen LogP contribution is 2.31. The zero-order valence-electron chi connectivity index (χ0n) is 14.5. The number of methoxy groups -OCH3 is 2. The molecule has 132 valence electrons. The van der Waals surface area contributed by atoms with Crippen LogP contribution in [0.5, 0.6) is 0 Å². The number of nitrogens with one attached hydrogen (secondary N) is 1. The van der Waals surface area contributed by atoms with Crippen LogP contribution >= 0.6 is 0 Å². The Bertz CT molecular complexity index is 406. The van der Waals surface area contributed by atoms with Gasteiger partial charge in [0.15, 0.2) is 0 Å². The monoisotopic (exact) mass is 327 g/mol. The van der Waals surface area contributed by atoms with E-state index < -0.39 is 5.41 Å². The summed E-state index contributed by atoms with van der Waals surface area (Å²) in [5, 5.41) is 2.82. The molecule has 0 aromatic heterocycles. The number of rotatable bonds is 8. The van der Waals surface area contributed by atoms with Crippen molar-refractivity contribution >= 4 is 11.8 Å². The van der Waals surface area contributed by atoms with E-state index in [0.717, 1.165) is 26.2 Å². The van der Waals surface area contributed by atoms with E-state index in [4.69, 9.17) is 9.47 Å². The fourth-order valence-corrected chi connectivity index (χ4v) is 3.17. The lowest BCUT2D eigenvalue weighted by molar-refractivity contribution is -0.151. The Morgan fingerprint density at radius 2 is 1.91 bits per heavy atom. The molecule has 1 unspecified atom stereocenters. The molecule has 2 fully saturated rings. The van der Waals surface area contributed by atoms with Gasteiger partial charge in [0.2, 0.25) is 11.8 Å². The molecule has 0 spiro atoms. The van der Waals surface area contributed by atoms with Gasteiger partial charge in [0.1, 0.15) is 0 Å². The molecule has 23 heavy (non-hydrogen) atoms. The number of piperidine rings is 1. The summed E-state index contributed by atoms with van der Waals surface area (Å²) in [5.41, 5.74) is -0.456. The van der Waals surface area contributed by atoms with E-state index in [0.29, 0.717) is 38.6 Å². The molecule has 0 bridgehead atoms. The zero-order chi connectivity index (χ0) is 16.9. The summed E-state index contributed by atoms with van der Waals surface area (Å²) in [6.07, 6.45) is 1.07. The molecule has 7 heteroatoms. The van der Waals surface area contributed by atoms with Crippen LogP contribution in [-0.4, -0.2) is 87.8 Å². The van der Waals surface area contributed by atoms with Crippen molar-refractivity contribution in [1.82, 2.24) is 15.1 Å². The highest BCUT2D eigenvalue weighted by Gasteiger charge is 2.44. The molecule has 0 saturated carbocycles. The molecule has 2 heterocycles. The second-order valence-corrected chi connectivity index (χ2v) is 6.72. The maximum absolute atomic E-state index is 12.7. The van der Waals surface area contributed by atoms with Crippen LogP contribution in [0.3, 0.4) is 0 Å². The second-order valence-electron chi connectivity index (χ2n) is 6.72. The van der Waals surface area contributed by atoms with E-state index >= 15 is 0 Å². The van der Waals surface area contributed by atoms with E-state index in [1.807, 2.05) is 11.8 Å². The third kappa shape index (κ3) is 4.43. The molecular formula is C16H29N3O4. The van der Waals surface area contributed by atoms with Crippen LogP contribution in [0.25, 0.3) is 0 Å². The fourth-order valence-electron chi connectivity index (χ4n) is 3.17. The Balaban J connectivity index is 1.83. The summed E-state index contributed by atoms with van der Waals surface area (Å²) >= 11 is 0. The summed E-state index contributed by atoms with van der Waals surface area (Å²) in [7, 11) is 3.40. The summed E-state index contributed by atoms with van der Waals surface area (Å²) in [6.45, 7) is 6.94. The minimum atomic E-state index is -0.456. The topological polar surface area (TPSA) is 71.1 Å². The lowest BCUT2D eigenvalue weighted by Crippen LogP contribution is -2.65. The molecule has 0 radical (unpaired) electrons. The smallest absolute Gasteiger partial charge is 0.230 e. The largest absolute Gasteiger partial charge is 0.383 e. The van der Waals surface area contributed by atoms with Crippen molar-refractivity contribution < 1.29 is 19.1 Å². The molecule has 2 aliphatic rings. The second kappa shape index (κ2) is 8.08. The first-order valence-corrected chi connectivity index (χ1v) is 8.28. The van der Waals surface area contributed by atoms with E-state index in [-0.39, 0.29) is 11.8 Å². The summed E-state index contributed by atoms with van der Waals surface area (Å²) in [4.78, 5) is 28.2. The van der Waals surface area contributed by atoms with Gasteiger partial charge in [0.25, 0.3) is 0 Å². The van der Waals surface area contributed by atoms with Crippen molar-refractivity contribution in [3.05, 3.63) is 0 Å². The minimum absolute atomic E-state index is 0.0436. The van der Waals surface area contributed by atoms with Crippen LogP contribution in [0.1, 0.15) is 19.8 Å². The average molecular weight is 327 g/mol. The molecule has 2 amide bonds. The van der Waals surface area contributed by atoms with E-state index in [1.165, 1.54) is 0 Å². The minimum Gasteiger partial charge on any atom is -0.383 e. The number of hydrogen-bond acceptors (Lipinski definition) is 5. The molecule has 7 nitrogen and oxygen atoms in total. The number of likely N-dealkylation sites (tertiary alicyclic amines) is 1. The van der Waals surface area contributed by atoms with Crippen LogP contribution in [0, 0.1) is 5.41 Å². The van der Waals surface area contributed by atoms with Crippen LogP contribution in [0.15, 0.2) is 0 Å². The van der Waals surface area contributed by atoms with Gasteiger partial charge in [-0.15, -0.1) is 0 Å². The predicted molar refractivity (Wildman–Crippen MR) is 86.0 cm³/mol. The van der Waals surface area contributed by atoms with Crippen molar-refractivity contribution in [3.63, 3.8) is 0 Å². The van der Waals surface area contributed by atoms with Crippen LogP contribution in [-0.2, 0) is 19.1 Å². The van der Waals surface area contributed by atoms with Crippen LogP contribution in [0.4, 0.5) is 0 Å². The SMILES string of the molecule is COCCN(CCOC)C1CN(C(=O)C2(C)CCC(=O)NC2)C1. The molecule has 1 N–H and O–H groups in total. The van der Waals surface area contributed by atoms with E-state index in [2.05, 4.69) is 10.2 Å². The highest BCUT2D eigenvalue weighted by atomic mass is 16.5. The van der Waals surface area contributed by atoms with Gasteiger partial charge in [-0.05, 0) is 13.3 Å². The van der Waals surface area contributed by atoms with Crippen molar-refractivity contribution in [1.29, 1.82) is 0 Å². The number of nitrogens with zero attached hydrogens (tertiary/aromatic N) is 2. The lowest BCUT2D eigenvalue weighted by Gasteiger charge is -2.48. The van der Waals surface area contributed by atoms with Gasteiger partial charge in [-0.25, -0.2) is 0 Å². The maximum Gasteiger partial charge on any atom is 0.230 e. The Morgan fingerprint density at radius 1 is 1.30 bits per heavy atom. The van der Waals surface area contributed by atoms with Gasteiger partial charge in [0, 0.05) is 59.4 Å². The van der Waals surface area contributed by atoms with Gasteiger partial charge >= 0.3 is 0 Å². The molecule has 0 aromatic rings. The quantitative estimate of drug-likeness (QED) is 0.663. The van der Waals surface area contributed by atoms with Gasteiger partial charge in [-0.3, -0.25) is 14.5 Å². The van der Waals surface area contributed by atoms with Crippen molar-refractivity contribution in [3.8, 4) is 0 Å². The molecular weight excluding hydrogens is 298 g/mol. The van der Waals surface area contributed by atoms with E-state index in [9.17, 15) is 9.59 Å². The molecule has 1 atom stereocenters.